The zero-order valence-corrected chi connectivity index (χ0v) is 16.8. The second-order valence-electron chi connectivity index (χ2n) is 8.06. The van der Waals surface area contributed by atoms with Crippen LogP contribution < -0.4 is 4.90 Å². The number of hydrogen-bond acceptors (Lipinski definition) is 5. The van der Waals surface area contributed by atoms with Gasteiger partial charge in [-0.25, -0.2) is 0 Å². The maximum Gasteiger partial charge on any atom is 0.313 e. The van der Waals surface area contributed by atoms with Crippen LogP contribution in [0.2, 0.25) is 0 Å². The van der Waals surface area contributed by atoms with E-state index in [4.69, 9.17) is 9.15 Å². The molecule has 2 aromatic rings. The molecule has 2 atom stereocenters. The summed E-state index contributed by atoms with van der Waals surface area (Å²) in [5.41, 5.74) is 1.92. The normalized spacial score (nSPS) is 23.4. The monoisotopic (exact) mass is 398 g/mol. The summed E-state index contributed by atoms with van der Waals surface area (Å²) in [5, 5.41) is 9.65. The molecule has 0 saturated carbocycles. The van der Waals surface area contributed by atoms with Crippen LogP contribution >= 0.6 is 0 Å². The summed E-state index contributed by atoms with van der Waals surface area (Å²) in [6, 6.07) is 10.3. The van der Waals surface area contributed by atoms with Crippen molar-refractivity contribution in [2.75, 3.05) is 31.7 Å². The number of methoxy groups -OCH3 is 1. The van der Waals surface area contributed by atoms with E-state index < -0.39 is 11.4 Å². The molecule has 29 heavy (non-hydrogen) atoms. The summed E-state index contributed by atoms with van der Waals surface area (Å²) in [7, 11) is 1.48. The third-order valence-corrected chi connectivity index (χ3v) is 6.15. The lowest BCUT2D eigenvalue weighted by atomic mass is 9.88. The lowest BCUT2D eigenvalue weighted by Crippen LogP contribution is -2.40. The molecule has 1 amide bonds. The van der Waals surface area contributed by atoms with Gasteiger partial charge in [0.1, 0.15) is 11.2 Å². The van der Waals surface area contributed by atoms with Gasteiger partial charge in [-0.3, -0.25) is 9.59 Å². The molecule has 1 N–H and O–H groups in total. The summed E-state index contributed by atoms with van der Waals surface area (Å²) < 4.78 is 10.8. The van der Waals surface area contributed by atoms with Gasteiger partial charge in [0.2, 0.25) is 0 Å². The van der Waals surface area contributed by atoms with Crippen LogP contribution in [0.1, 0.15) is 35.0 Å². The number of carboxylic acids is 1. The van der Waals surface area contributed by atoms with Gasteiger partial charge in [-0.15, -0.1) is 0 Å². The molecule has 7 heteroatoms. The number of rotatable bonds is 6. The number of anilines is 1. The number of amides is 1. The molecule has 2 aliphatic rings. The Kier molecular flexibility index (Phi) is 5.08. The van der Waals surface area contributed by atoms with E-state index in [1.54, 1.807) is 11.0 Å². The van der Waals surface area contributed by atoms with Crippen molar-refractivity contribution in [1.82, 2.24) is 4.90 Å². The molecule has 7 nitrogen and oxygen atoms in total. The predicted molar refractivity (Wildman–Crippen MR) is 107 cm³/mol. The van der Waals surface area contributed by atoms with Gasteiger partial charge in [0.15, 0.2) is 0 Å². The van der Waals surface area contributed by atoms with Gasteiger partial charge in [-0.05, 0) is 37.5 Å². The predicted octanol–water partition coefficient (Wildman–Crippen LogP) is 2.79. The Balaban J connectivity index is 1.53. The van der Waals surface area contributed by atoms with E-state index in [0.29, 0.717) is 36.9 Å². The number of likely N-dealkylation sites (tertiary alicyclic amines) is 1. The molecule has 2 unspecified atom stereocenters. The number of ether oxygens (including phenoxy) is 1. The Hall–Kier alpha value is -2.80. The van der Waals surface area contributed by atoms with Crippen molar-refractivity contribution in [2.45, 2.75) is 32.4 Å². The largest absolute Gasteiger partial charge is 0.481 e. The Morgan fingerprint density at radius 2 is 2.10 bits per heavy atom. The van der Waals surface area contributed by atoms with E-state index >= 15 is 0 Å². The molecule has 1 saturated heterocycles. The highest BCUT2D eigenvalue weighted by Gasteiger charge is 2.47. The van der Waals surface area contributed by atoms with Crippen molar-refractivity contribution >= 4 is 17.6 Å². The molecule has 0 radical (unpaired) electrons. The third-order valence-electron chi connectivity index (χ3n) is 6.15. The first-order valence-corrected chi connectivity index (χ1v) is 9.88. The van der Waals surface area contributed by atoms with Crippen molar-refractivity contribution in [3.63, 3.8) is 0 Å². The van der Waals surface area contributed by atoms with Crippen LogP contribution in [0.5, 0.6) is 0 Å². The summed E-state index contributed by atoms with van der Waals surface area (Å²) in [4.78, 5) is 28.8. The number of hydrogen-bond donors (Lipinski definition) is 1. The highest BCUT2D eigenvalue weighted by atomic mass is 16.5. The molecule has 3 heterocycles. The number of carboxylic acid groups (broad SMARTS) is 1. The van der Waals surface area contributed by atoms with Crippen molar-refractivity contribution in [3.8, 4) is 0 Å². The minimum Gasteiger partial charge on any atom is -0.481 e. The molecule has 0 bridgehead atoms. The fourth-order valence-corrected chi connectivity index (χ4v) is 4.53. The molecule has 2 aliphatic heterocycles. The van der Waals surface area contributed by atoms with Crippen molar-refractivity contribution in [1.29, 1.82) is 0 Å². The Morgan fingerprint density at radius 3 is 2.86 bits per heavy atom. The van der Waals surface area contributed by atoms with Gasteiger partial charge in [-0.2, -0.15) is 0 Å². The zero-order valence-electron chi connectivity index (χ0n) is 16.8. The lowest BCUT2D eigenvalue weighted by molar-refractivity contribution is -0.151. The number of para-hydroxylation sites is 1. The van der Waals surface area contributed by atoms with Crippen LogP contribution in [0.3, 0.4) is 0 Å². The number of fused-ring (bicyclic) bond motifs is 1. The topological polar surface area (TPSA) is 83.2 Å². The fraction of sp³-hybridized carbons (Fsp3) is 0.455. The standard InChI is InChI=1S/C22H26N2O5/c1-15-11-16-5-3-4-6-18(16)24(15)12-19-17(7-10-29-19)20(25)23-9-8-22(13-23,14-28-2)21(26)27/h3-7,10,15H,8-9,11-14H2,1-2H3,(H,26,27). The maximum atomic E-state index is 13.2. The second-order valence-corrected chi connectivity index (χ2v) is 8.06. The Bertz CT molecular complexity index is 923. The first-order valence-electron chi connectivity index (χ1n) is 9.88. The number of carbonyl (C=O) groups is 2. The van der Waals surface area contributed by atoms with Crippen LogP contribution in [-0.4, -0.2) is 54.7 Å². The van der Waals surface area contributed by atoms with E-state index in [1.165, 1.54) is 24.6 Å². The van der Waals surface area contributed by atoms with Crippen molar-refractivity contribution in [3.05, 3.63) is 53.5 Å². The molecule has 1 aromatic heterocycles. The lowest BCUT2D eigenvalue weighted by Gasteiger charge is -2.25. The highest BCUT2D eigenvalue weighted by molar-refractivity contribution is 5.96. The number of carbonyl (C=O) groups excluding carboxylic acids is 1. The average molecular weight is 398 g/mol. The molecule has 0 aliphatic carbocycles. The van der Waals surface area contributed by atoms with Crippen LogP contribution in [0, 0.1) is 5.41 Å². The molecule has 1 fully saturated rings. The SMILES string of the molecule is COCC1(C(=O)O)CCN(C(=O)c2ccoc2CN2c3ccccc3CC2C)C1. The highest BCUT2D eigenvalue weighted by Crippen LogP contribution is 2.35. The van der Waals surface area contributed by atoms with Gasteiger partial charge in [-0.1, -0.05) is 18.2 Å². The molecular formula is C22H26N2O5. The number of furan rings is 1. The van der Waals surface area contributed by atoms with E-state index in [2.05, 4.69) is 24.0 Å². The van der Waals surface area contributed by atoms with Gasteiger partial charge >= 0.3 is 5.97 Å². The number of benzene rings is 1. The van der Waals surface area contributed by atoms with Gasteiger partial charge < -0.3 is 24.1 Å². The fourth-order valence-electron chi connectivity index (χ4n) is 4.53. The molecule has 0 spiro atoms. The summed E-state index contributed by atoms with van der Waals surface area (Å²) in [5.74, 6) is -0.504. The molecule has 1 aromatic carbocycles. The minimum atomic E-state index is -1.04. The van der Waals surface area contributed by atoms with Crippen LogP contribution in [0.25, 0.3) is 0 Å². The summed E-state index contributed by atoms with van der Waals surface area (Å²) in [6.07, 6.45) is 2.88. The van der Waals surface area contributed by atoms with E-state index in [9.17, 15) is 14.7 Å². The first-order chi connectivity index (χ1) is 13.9. The number of nitrogens with zero attached hydrogens (tertiary/aromatic N) is 2. The zero-order chi connectivity index (χ0) is 20.6. The van der Waals surface area contributed by atoms with Gasteiger partial charge in [0.25, 0.3) is 5.91 Å². The van der Waals surface area contributed by atoms with E-state index in [1.807, 2.05) is 12.1 Å². The van der Waals surface area contributed by atoms with Crippen molar-refractivity contribution < 1.29 is 23.8 Å². The summed E-state index contributed by atoms with van der Waals surface area (Å²) in [6.45, 7) is 3.29. The first kappa shape index (κ1) is 19.5. The molecule has 4 rings (SSSR count). The Labute approximate surface area is 169 Å². The van der Waals surface area contributed by atoms with Gasteiger partial charge in [0.05, 0.1) is 25.0 Å². The maximum absolute atomic E-state index is 13.2. The average Bonchev–Trinajstić information content (AvgIpc) is 3.41. The second kappa shape index (κ2) is 7.55. The minimum absolute atomic E-state index is 0.0897. The van der Waals surface area contributed by atoms with Crippen LogP contribution in [0.15, 0.2) is 41.0 Å². The molecular weight excluding hydrogens is 372 g/mol. The number of aliphatic carboxylic acids is 1. The third kappa shape index (κ3) is 3.40. The van der Waals surface area contributed by atoms with E-state index in [0.717, 1.165) is 6.42 Å². The molecule has 154 valence electrons. The Morgan fingerprint density at radius 1 is 1.31 bits per heavy atom. The van der Waals surface area contributed by atoms with E-state index in [-0.39, 0.29) is 19.1 Å². The van der Waals surface area contributed by atoms with Crippen LogP contribution in [-0.2, 0) is 22.5 Å². The van der Waals surface area contributed by atoms with Crippen LogP contribution in [0.4, 0.5) is 5.69 Å². The van der Waals surface area contributed by atoms with Crippen molar-refractivity contribution in [2.24, 2.45) is 5.41 Å². The smallest absolute Gasteiger partial charge is 0.313 e. The van der Waals surface area contributed by atoms with Gasteiger partial charge in [0, 0.05) is 31.9 Å². The quantitative estimate of drug-likeness (QED) is 0.806. The summed E-state index contributed by atoms with van der Waals surface area (Å²) >= 11 is 0.